The van der Waals surface area contributed by atoms with Gasteiger partial charge >= 0.3 is 5.97 Å². The first kappa shape index (κ1) is 23.8. The van der Waals surface area contributed by atoms with Crippen LogP contribution in [0.3, 0.4) is 0 Å². The molecule has 0 radical (unpaired) electrons. The van der Waals surface area contributed by atoms with Crippen molar-refractivity contribution in [3.63, 3.8) is 0 Å². The molecule has 1 atom stereocenters. The third-order valence-corrected chi connectivity index (χ3v) is 5.04. The van der Waals surface area contributed by atoms with Gasteiger partial charge in [-0.05, 0) is 63.5 Å². The molecule has 0 aliphatic heterocycles. The maximum atomic E-state index is 12.2. The molecule has 0 bridgehead atoms. The number of carbonyl (C=O) groups excluding carboxylic acids is 2. The van der Waals surface area contributed by atoms with Crippen LogP contribution in [0.2, 0.25) is 0 Å². The number of Topliss-reactive ketones (excluding diaryl/α,β-unsaturated/α-hetero) is 1. The molecule has 0 saturated heterocycles. The van der Waals surface area contributed by atoms with Gasteiger partial charge in [-0.25, -0.2) is 0 Å². The average Bonchev–Trinajstić information content (AvgIpc) is 3.07. The number of esters is 1. The first-order chi connectivity index (χ1) is 14.5. The number of hydrogen-bond acceptors (Lipinski definition) is 4. The summed E-state index contributed by atoms with van der Waals surface area (Å²) in [6.07, 6.45) is 12.5. The third kappa shape index (κ3) is 8.91. The Hall–Kier alpha value is -2.46. The maximum Gasteiger partial charge on any atom is 0.306 e. The maximum absolute atomic E-state index is 12.2. The first-order valence-corrected chi connectivity index (χ1v) is 11.0. The summed E-state index contributed by atoms with van der Waals surface area (Å²) in [6, 6.07) is 10.1. The minimum atomic E-state index is -0.518. The number of unbranched alkanes of at least 4 members (excludes halogenated alkanes) is 1. The van der Waals surface area contributed by atoms with E-state index in [1.54, 1.807) is 6.08 Å². The summed E-state index contributed by atoms with van der Waals surface area (Å²) in [5, 5.41) is 10.2. The second-order valence-corrected chi connectivity index (χ2v) is 7.98. The van der Waals surface area contributed by atoms with Gasteiger partial charge in [0.05, 0.1) is 12.2 Å². The molecule has 1 aliphatic carbocycles. The van der Waals surface area contributed by atoms with Crippen LogP contribution in [0.25, 0.3) is 0 Å². The van der Waals surface area contributed by atoms with E-state index in [9.17, 15) is 14.7 Å². The van der Waals surface area contributed by atoms with Gasteiger partial charge < -0.3 is 9.84 Å². The summed E-state index contributed by atoms with van der Waals surface area (Å²) >= 11 is 0. The van der Waals surface area contributed by atoms with E-state index in [-0.39, 0.29) is 17.9 Å². The number of aryl methyl sites for hydroxylation is 1. The van der Waals surface area contributed by atoms with Crippen molar-refractivity contribution in [2.24, 2.45) is 0 Å². The van der Waals surface area contributed by atoms with E-state index in [2.05, 4.69) is 12.1 Å². The zero-order valence-corrected chi connectivity index (χ0v) is 18.2. The number of ether oxygens (including phenoxy) is 1. The molecule has 0 amide bonds. The molecule has 30 heavy (non-hydrogen) atoms. The zero-order valence-electron chi connectivity index (χ0n) is 18.2. The van der Waals surface area contributed by atoms with E-state index in [0.717, 1.165) is 36.8 Å². The van der Waals surface area contributed by atoms with E-state index >= 15 is 0 Å². The van der Waals surface area contributed by atoms with E-state index in [4.69, 9.17) is 4.74 Å². The summed E-state index contributed by atoms with van der Waals surface area (Å²) in [5.41, 5.74) is 3.09. The number of ketones is 1. The van der Waals surface area contributed by atoms with Gasteiger partial charge in [-0.15, -0.1) is 0 Å². The largest absolute Gasteiger partial charge is 0.463 e. The fourth-order valence-electron chi connectivity index (χ4n) is 3.45. The van der Waals surface area contributed by atoms with Crippen LogP contribution in [0, 0.1) is 0 Å². The van der Waals surface area contributed by atoms with Gasteiger partial charge in [0.1, 0.15) is 0 Å². The monoisotopic (exact) mass is 410 g/mol. The number of hydrogen-bond donors (Lipinski definition) is 1. The predicted molar refractivity (Wildman–Crippen MR) is 120 cm³/mol. The van der Waals surface area contributed by atoms with Crippen molar-refractivity contribution in [3.8, 4) is 0 Å². The van der Waals surface area contributed by atoms with Gasteiger partial charge in [-0.2, -0.15) is 0 Å². The van der Waals surface area contributed by atoms with E-state index in [1.807, 2.05) is 50.3 Å². The smallest absolute Gasteiger partial charge is 0.306 e. The Morgan fingerprint density at radius 1 is 1.17 bits per heavy atom. The van der Waals surface area contributed by atoms with Crippen LogP contribution in [0.5, 0.6) is 0 Å². The summed E-state index contributed by atoms with van der Waals surface area (Å²) in [6.45, 7) is 3.69. The topological polar surface area (TPSA) is 63.6 Å². The van der Waals surface area contributed by atoms with Gasteiger partial charge in [0, 0.05) is 18.4 Å². The molecule has 1 N–H and O–H groups in total. The number of carbonyl (C=O) groups is 2. The van der Waals surface area contributed by atoms with Gasteiger partial charge in [-0.1, -0.05) is 54.6 Å². The van der Waals surface area contributed by atoms with Crippen LogP contribution in [-0.4, -0.2) is 29.1 Å². The van der Waals surface area contributed by atoms with Crippen molar-refractivity contribution in [2.45, 2.75) is 77.4 Å². The van der Waals surface area contributed by atoms with Crippen LogP contribution in [0.15, 0.2) is 65.8 Å². The number of benzene rings is 1. The average molecular weight is 411 g/mol. The lowest BCUT2D eigenvalue weighted by atomic mass is 10.0. The van der Waals surface area contributed by atoms with Crippen molar-refractivity contribution < 1.29 is 19.4 Å². The summed E-state index contributed by atoms with van der Waals surface area (Å²) in [5.74, 6) is 0.0314. The van der Waals surface area contributed by atoms with Crippen molar-refractivity contribution in [1.82, 2.24) is 0 Å². The Morgan fingerprint density at radius 2 is 1.93 bits per heavy atom. The molecule has 1 aromatic rings. The highest BCUT2D eigenvalue weighted by Gasteiger charge is 2.20. The first-order valence-electron chi connectivity index (χ1n) is 11.0. The molecule has 0 spiro atoms. The Kier molecular flexibility index (Phi) is 10.3. The van der Waals surface area contributed by atoms with Gasteiger partial charge in [0.15, 0.2) is 5.78 Å². The highest BCUT2D eigenvalue weighted by molar-refractivity contribution is 5.99. The van der Waals surface area contributed by atoms with Crippen molar-refractivity contribution >= 4 is 11.8 Å². The quantitative estimate of drug-likeness (QED) is 0.290. The standard InChI is InChI=1S/C26H34O4/c1-20(2)30-26(29)13-9-4-3-8-12-24-22(16-19-25(24)28)15-18-23(27)17-14-21-10-6-5-7-11-21/h3,5-8,10-11,15,18,20,23,27H,4,9,12-14,16-17,19H2,1-2H3/t23-/m0/s1. The van der Waals surface area contributed by atoms with Crippen molar-refractivity contribution in [3.05, 3.63) is 71.3 Å². The minimum absolute atomic E-state index is 0.0725. The second kappa shape index (κ2) is 13.0. The molecule has 1 aromatic carbocycles. The Labute approximate surface area is 180 Å². The molecule has 1 aliphatic rings. The van der Waals surface area contributed by atoms with Gasteiger partial charge in [0.2, 0.25) is 0 Å². The van der Waals surface area contributed by atoms with E-state index < -0.39 is 6.10 Å². The molecule has 4 heteroatoms. The molecule has 0 unspecified atom stereocenters. The van der Waals surface area contributed by atoms with Crippen LogP contribution in [0.1, 0.15) is 64.4 Å². The van der Waals surface area contributed by atoms with E-state index in [1.165, 1.54) is 5.56 Å². The molecule has 4 nitrogen and oxygen atoms in total. The molecule has 2 rings (SSSR count). The SMILES string of the molecule is CC(C)OC(=O)CCCC=CCC1=C(C=C[C@@H](O)CCc2ccccc2)CCC1=O. The number of aliphatic hydroxyl groups is 1. The predicted octanol–water partition coefficient (Wildman–Crippen LogP) is 5.26. The number of aliphatic hydroxyl groups excluding tert-OH is 1. The molecular weight excluding hydrogens is 376 g/mol. The fraction of sp³-hybridized carbons (Fsp3) is 0.462. The summed E-state index contributed by atoms with van der Waals surface area (Å²) in [4.78, 5) is 23.7. The van der Waals surface area contributed by atoms with Crippen molar-refractivity contribution in [1.29, 1.82) is 0 Å². The van der Waals surface area contributed by atoms with Crippen LogP contribution >= 0.6 is 0 Å². The van der Waals surface area contributed by atoms with E-state index in [0.29, 0.717) is 25.7 Å². The highest BCUT2D eigenvalue weighted by atomic mass is 16.5. The molecule has 162 valence electrons. The lowest BCUT2D eigenvalue weighted by Crippen LogP contribution is -2.10. The van der Waals surface area contributed by atoms with Crippen molar-refractivity contribution in [2.75, 3.05) is 0 Å². The zero-order chi connectivity index (χ0) is 21.8. The summed E-state index contributed by atoms with van der Waals surface area (Å²) in [7, 11) is 0. The van der Waals surface area contributed by atoms with Crippen LogP contribution in [0.4, 0.5) is 0 Å². The normalized spacial score (nSPS) is 15.7. The van der Waals surface area contributed by atoms with Crippen LogP contribution in [-0.2, 0) is 20.7 Å². The van der Waals surface area contributed by atoms with Gasteiger partial charge in [0.25, 0.3) is 0 Å². The van der Waals surface area contributed by atoms with Crippen LogP contribution < -0.4 is 0 Å². The second-order valence-electron chi connectivity index (χ2n) is 7.98. The molecule has 0 saturated carbocycles. The lowest BCUT2D eigenvalue weighted by molar-refractivity contribution is -0.147. The Bertz CT molecular complexity index is 771. The minimum Gasteiger partial charge on any atom is -0.463 e. The Morgan fingerprint density at radius 3 is 2.67 bits per heavy atom. The summed E-state index contributed by atoms with van der Waals surface area (Å²) < 4.78 is 5.11. The molecule has 0 fully saturated rings. The highest BCUT2D eigenvalue weighted by Crippen LogP contribution is 2.27. The fourth-order valence-corrected chi connectivity index (χ4v) is 3.45. The lowest BCUT2D eigenvalue weighted by Gasteiger charge is -2.06. The Balaban J connectivity index is 1.78. The molecule has 0 aromatic heterocycles. The van der Waals surface area contributed by atoms with Gasteiger partial charge in [-0.3, -0.25) is 9.59 Å². The number of rotatable bonds is 12. The molecular formula is C26H34O4. The number of allylic oxidation sites excluding steroid dienone is 5. The molecule has 0 heterocycles. The third-order valence-electron chi connectivity index (χ3n) is 5.04.